The van der Waals surface area contributed by atoms with E-state index in [0.717, 1.165) is 12.0 Å². The maximum atomic E-state index is 12.5. The van der Waals surface area contributed by atoms with E-state index in [1.807, 2.05) is 21.7 Å². The number of hydrogen-bond donors (Lipinski definition) is 1. The van der Waals surface area contributed by atoms with Gasteiger partial charge in [0, 0.05) is 31.6 Å². The van der Waals surface area contributed by atoms with Crippen molar-refractivity contribution in [2.24, 2.45) is 5.73 Å². The van der Waals surface area contributed by atoms with Gasteiger partial charge in [0.1, 0.15) is 12.0 Å². The van der Waals surface area contributed by atoms with Crippen molar-refractivity contribution in [1.82, 2.24) is 9.80 Å². The molecule has 122 valence electrons. The highest BCUT2D eigenvalue weighted by Gasteiger charge is 2.24. The SMILES string of the molecule is NCc1cc(C(=O)N2CCCN(C(=O)c3ccsc3)CC2)co1. The van der Waals surface area contributed by atoms with Gasteiger partial charge in [-0.1, -0.05) is 0 Å². The Morgan fingerprint density at radius 2 is 1.83 bits per heavy atom. The predicted molar refractivity (Wildman–Crippen MR) is 87.3 cm³/mol. The summed E-state index contributed by atoms with van der Waals surface area (Å²) in [6.45, 7) is 2.64. The van der Waals surface area contributed by atoms with Crippen LogP contribution in [-0.4, -0.2) is 47.8 Å². The largest absolute Gasteiger partial charge is 0.467 e. The first-order valence-corrected chi connectivity index (χ1v) is 8.51. The number of rotatable bonds is 3. The molecule has 23 heavy (non-hydrogen) atoms. The minimum atomic E-state index is -0.0710. The predicted octanol–water partition coefficient (Wildman–Crippen LogP) is 1.79. The summed E-state index contributed by atoms with van der Waals surface area (Å²) >= 11 is 1.51. The first-order chi connectivity index (χ1) is 11.2. The van der Waals surface area contributed by atoms with Crippen molar-refractivity contribution in [3.63, 3.8) is 0 Å². The van der Waals surface area contributed by atoms with E-state index >= 15 is 0 Å². The van der Waals surface area contributed by atoms with Gasteiger partial charge in [-0.25, -0.2) is 0 Å². The summed E-state index contributed by atoms with van der Waals surface area (Å²) in [5.41, 5.74) is 6.74. The second kappa shape index (κ2) is 6.97. The van der Waals surface area contributed by atoms with Crippen LogP contribution in [-0.2, 0) is 6.54 Å². The molecule has 0 unspecified atom stereocenters. The maximum absolute atomic E-state index is 12.5. The smallest absolute Gasteiger partial charge is 0.257 e. The summed E-state index contributed by atoms with van der Waals surface area (Å²) in [6, 6.07) is 3.52. The highest BCUT2D eigenvalue weighted by molar-refractivity contribution is 7.08. The second-order valence-corrected chi connectivity index (χ2v) is 6.24. The highest BCUT2D eigenvalue weighted by atomic mass is 32.1. The molecule has 0 atom stereocenters. The number of nitrogens with two attached hydrogens (primary N) is 1. The number of furan rings is 1. The molecule has 1 aliphatic heterocycles. The van der Waals surface area contributed by atoms with E-state index in [1.165, 1.54) is 17.6 Å². The molecule has 3 rings (SSSR count). The van der Waals surface area contributed by atoms with Crippen LogP contribution in [0.25, 0.3) is 0 Å². The zero-order chi connectivity index (χ0) is 16.2. The highest BCUT2D eigenvalue weighted by Crippen LogP contribution is 2.15. The van der Waals surface area contributed by atoms with Crippen LogP contribution >= 0.6 is 11.3 Å². The third kappa shape index (κ3) is 3.46. The fourth-order valence-electron chi connectivity index (χ4n) is 2.67. The Hall–Kier alpha value is -2.12. The van der Waals surface area contributed by atoms with Crippen LogP contribution in [0.3, 0.4) is 0 Å². The van der Waals surface area contributed by atoms with Gasteiger partial charge in [-0.15, -0.1) is 0 Å². The molecule has 0 aliphatic carbocycles. The van der Waals surface area contributed by atoms with Gasteiger partial charge in [-0.2, -0.15) is 11.3 Å². The van der Waals surface area contributed by atoms with Crippen molar-refractivity contribution in [1.29, 1.82) is 0 Å². The number of thiophene rings is 1. The molecule has 7 heteroatoms. The van der Waals surface area contributed by atoms with E-state index in [9.17, 15) is 9.59 Å². The van der Waals surface area contributed by atoms with E-state index in [0.29, 0.717) is 37.5 Å². The summed E-state index contributed by atoms with van der Waals surface area (Å²) in [4.78, 5) is 28.5. The molecule has 1 aliphatic rings. The topological polar surface area (TPSA) is 79.8 Å². The summed E-state index contributed by atoms with van der Waals surface area (Å²) in [5.74, 6) is 0.560. The molecular weight excluding hydrogens is 314 g/mol. The van der Waals surface area contributed by atoms with Crippen molar-refractivity contribution < 1.29 is 14.0 Å². The normalized spacial score (nSPS) is 15.5. The quantitative estimate of drug-likeness (QED) is 0.928. The van der Waals surface area contributed by atoms with Crippen molar-refractivity contribution >= 4 is 23.2 Å². The van der Waals surface area contributed by atoms with Crippen LogP contribution in [0.5, 0.6) is 0 Å². The lowest BCUT2D eigenvalue weighted by Crippen LogP contribution is -2.37. The van der Waals surface area contributed by atoms with E-state index < -0.39 is 0 Å². The number of nitrogens with zero attached hydrogens (tertiary/aromatic N) is 2. The molecule has 0 spiro atoms. The Bertz CT molecular complexity index is 681. The number of amides is 2. The molecule has 6 nitrogen and oxygen atoms in total. The van der Waals surface area contributed by atoms with E-state index in [-0.39, 0.29) is 18.4 Å². The van der Waals surface area contributed by atoms with Crippen LogP contribution in [0.1, 0.15) is 32.9 Å². The van der Waals surface area contributed by atoms with Gasteiger partial charge in [0.15, 0.2) is 0 Å². The number of carbonyl (C=O) groups excluding carboxylic acids is 2. The van der Waals surface area contributed by atoms with Gasteiger partial charge in [0.05, 0.1) is 17.7 Å². The molecule has 2 N–H and O–H groups in total. The van der Waals surface area contributed by atoms with E-state index in [4.69, 9.17) is 10.2 Å². The van der Waals surface area contributed by atoms with Gasteiger partial charge in [-0.3, -0.25) is 9.59 Å². The Morgan fingerprint density at radius 3 is 2.39 bits per heavy atom. The van der Waals surface area contributed by atoms with Crippen LogP contribution in [0.2, 0.25) is 0 Å². The lowest BCUT2D eigenvalue weighted by Gasteiger charge is -2.21. The minimum Gasteiger partial charge on any atom is -0.467 e. The minimum absolute atomic E-state index is 0.0364. The Balaban J connectivity index is 1.64. The van der Waals surface area contributed by atoms with Gasteiger partial charge < -0.3 is 20.0 Å². The lowest BCUT2D eigenvalue weighted by atomic mass is 10.2. The molecule has 0 radical (unpaired) electrons. The lowest BCUT2D eigenvalue weighted by molar-refractivity contribution is 0.0718. The van der Waals surface area contributed by atoms with Crippen LogP contribution in [0, 0.1) is 0 Å². The average molecular weight is 333 g/mol. The molecule has 0 saturated carbocycles. The summed E-state index contributed by atoms with van der Waals surface area (Å²) in [7, 11) is 0. The summed E-state index contributed by atoms with van der Waals surface area (Å²) < 4.78 is 5.23. The molecule has 0 aromatic carbocycles. The fraction of sp³-hybridized carbons (Fsp3) is 0.375. The van der Waals surface area contributed by atoms with Gasteiger partial charge in [0.25, 0.3) is 11.8 Å². The third-order valence-electron chi connectivity index (χ3n) is 3.94. The molecule has 3 heterocycles. The Labute approximate surface area is 138 Å². The summed E-state index contributed by atoms with van der Waals surface area (Å²) in [6.07, 6.45) is 2.22. The zero-order valence-corrected chi connectivity index (χ0v) is 13.6. The van der Waals surface area contributed by atoms with E-state index in [2.05, 4.69) is 0 Å². The van der Waals surface area contributed by atoms with Crippen molar-refractivity contribution in [3.05, 3.63) is 46.0 Å². The Kier molecular flexibility index (Phi) is 4.78. The standard InChI is InChI=1S/C16H19N3O3S/c17-9-14-8-13(10-22-14)16(21)19-4-1-3-18(5-6-19)15(20)12-2-7-23-11-12/h2,7-8,10-11H,1,3-6,9,17H2. The van der Waals surface area contributed by atoms with Crippen LogP contribution in [0.4, 0.5) is 0 Å². The van der Waals surface area contributed by atoms with Gasteiger partial charge in [0.2, 0.25) is 0 Å². The van der Waals surface area contributed by atoms with E-state index in [1.54, 1.807) is 11.0 Å². The number of hydrogen-bond acceptors (Lipinski definition) is 5. The van der Waals surface area contributed by atoms with Crippen molar-refractivity contribution in [2.75, 3.05) is 26.2 Å². The average Bonchev–Trinajstić information content (AvgIpc) is 3.21. The fourth-order valence-corrected chi connectivity index (χ4v) is 3.30. The number of carbonyl (C=O) groups is 2. The first-order valence-electron chi connectivity index (χ1n) is 7.57. The Morgan fingerprint density at radius 1 is 1.13 bits per heavy atom. The molecule has 1 fully saturated rings. The van der Waals surface area contributed by atoms with Crippen molar-refractivity contribution in [3.8, 4) is 0 Å². The third-order valence-corrected chi connectivity index (χ3v) is 4.62. The van der Waals surface area contributed by atoms with Crippen molar-refractivity contribution in [2.45, 2.75) is 13.0 Å². The molecule has 2 aromatic heterocycles. The second-order valence-electron chi connectivity index (χ2n) is 5.46. The first kappa shape index (κ1) is 15.8. The maximum Gasteiger partial charge on any atom is 0.257 e. The molecule has 2 amide bonds. The summed E-state index contributed by atoms with van der Waals surface area (Å²) in [5, 5.41) is 3.75. The molecular formula is C16H19N3O3S. The van der Waals surface area contributed by atoms with Gasteiger partial charge >= 0.3 is 0 Å². The monoisotopic (exact) mass is 333 g/mol. The molecule has 1 saturated heterocycles. The van der Waals surface area contributed by atoms with Gasteiger partial charge in [-0.05, 0) is 23.9 Å². The van der Waals surface area contributed by atoms with Crippen LogP contribution in [0.15, 0.2) is 33.6 Å². The zero-order valence-electron chi connectivity index (χ0n) is 12.7. The van der Waals surface area contributed by atoms with Crippen LogP contribution < -0.4 is 5.73 Å². The molecule has 0 bridgehead atoms. The molecule has 2 aromatic rings.